The van der Waals surface area contributed by atoms with Gasteiger partial charge in [0.25, 0.3) is 0 Å². The van der Waals surface area contributed by atoms with E-state index in [2.05, 4.69) is 29.3 Å². The molecule has 17 heavy (non-hydrogen) atoms. The average Bonchev–Trinajstić information content (AvgIpc) is 2.76. The molecule has 4 nitrogen and oxygen atoms in total. The van der Waals surface area contributed by atoms with E-state index in [1.54, 1.807) is 16.2 Å². The van der Waals surface area contributed by atoms with Crippen molar-refractivity contribution >= 4 is 17.2 Å². The summed E-state index contributed by atoms with van der Waals surface area (Å²) in [5.41, 5.74) is 2.09. The van der Waals surface area contributed by atoms with Gasteiger partial charge in [0.1, 0.15) is 12.2 Å². The number of rotatable bonds is 3. The Morgan fingerprint density at radius 1 is 1.35 bits per heavy atom. The van der Waals surface area contributed by atoms with Gasteiger partial charge in [-0.05, 0) is 36.1 Å². The van der Waals surface area contributed by atoms with Crippen LogP contribution < -0.4 is 4.90 Å². The largest absolute Gasteiger partial charge is 0.345 e. The van der Waals surface area contributed by atoms with Crippen LogP contribution in [0.5, 0.6) is 0 Å². The van der Waals surface area contributed by atoms with Crippen molar-refractivity contribution in [3.05, 3.63) is 29.1 Å². The number of nitrogens with zero attached hydrogens (tertiary/aromatic N) is 4. The summed E-state index contributed by atoms with van der Waals surface area (Å²) in [7, 11) is 1.82. The lowest BCUT2D eigenvalue weighted by Crippen LogP contribution is -2.18. The summed E-state index contributed by atoms with van der Waals surface area (Å²) in [6, 6.07) is 7.97. The Kier molecular flexibility index (Phi) is 3.35. The molecule has 2 aromatic heterocycles. The number of anilines is 1. The normalized spacial score (nSPS) is 9.94. The second-order valence-electron chi connectivity index (χ2n) is 3.72. The van der Waals surface area contributed by atoms with Crippen molar-refractivity contribution in [2.24, 2.45) is 0 Å². The number of hydrogen-bond donors (Lipinski definition) is 0. The third-order valence-electron chi connectivity index (χ3n) is 2.44. The van der Waals surface area contributed by atoms with Crippen LogP contribution in [0.25, 0.3) is 10.6 Å². The number of aromatic nitrogens is 2. The minimum absolute atomic E-state index is 0.312. The first kappa shape index (κ1) is 11.6. The average molecular weight is 244 g/mol. The molecule has 0 spiro atoms. The van der Waals surface area contributed by atoms with E-state index in [0.29, 0.717) is 12.4 Å². The van der Waals surface area contributed by atoms with Gasteiger partial charge in [0, 0.05) is 7.05 Å². The predicted molar refractivity (Wildman–Crippen MR) is 69.0 cm³/mol. The maximum absolute atomic E-state index is 8.60. The molecule has 0 unspecified atom stereocenters. The summed E-state index contributed by atoms with van der Waals surface area (Å²) < 4.78 is 0. The van der Waals surface area contributed by atoms with Crippen molar-refractivity contribution in [1.29, 1.82) is 5.26 Å². The highest BCUT2D eigenvalue weighted by Gasteiger charge is 2.07. The predicted octanol–water partition coefficient (Wildman–Crippen LogP) is 2.47. The number of nitriles is 1. The van der Waals surface area contributed by atoms with Gasteiger partial charge in [-0.2, -0.15) is 5.26 Å². The Balaban J connectivity index is 2.25. The summed E-state index contributed by atoms with van der Waals surface area (Å²) in [5, 5.41) is 19.0. The van der Waals surface area contributed by atoms with E-state index >= 15 is 0 Å². The molecule has 0 fully saturated rings. The molecule has 0 aromatic carbocycles. The van der Waals surface area contributed by atoms with Crippen LogP contribution >= 0.6 is 11.3 Å². The summed E-state index contributed by atoms with van der Waals surface area (Å²) >= 11 is 1.66. The lowest BCUT2D eigenvalue weighted by molar-refractivity contribution is 0.935. The molecule has 0 saturated heterocycles. The molecular formula is C12H12N4S. The van der Waals surface area contributed by atoms with Crippen LogP contribution in [0.1, 0.15) is 5.56 Å². The van der Waals surface area contributed by atoms with Gasteiger partial charge >= 0.3 is 0 Å². The third kappa shape index (κ3) is 2.43. The van der Waals surface area contributed by atoms with Gasteiger partial charge < -0.3 is 4.90 Å². The van der Waals surface area contributed by atoms with Crippen LogP contribution in [-0.4, -0.2) is 23.8 Å². The van der Waals surface area contributed by atoms with Crippen LogP contribution in [0.4, 0.5) is 5.82 Å². The molecule has 0 aliphatic heterocycles. The number of aryl methyl sites for hydroxylation is 1. The zero-order chi connectivity index (χ0) is 12.3. The van der Waals surface area contributed by atoms with Crippen LogP contribution in [0.15, 0.2) is 23.6 Å². The van der Waals surface area contributed by atoms with Crippen molar-refractivity contribution in [2.45, 2.75) is 6.92 Å². The Morgan fingerprint density at radius 2 is 2.18 bits per heavy atom. The van der Waals surface area contributed by atoms with E-state index in [0.717, 1.165) is 10.6 Å². The van der Waals surface area contributed by atoms with Crippen LogP contribution in [0, 0.1) is 18.3 Å². The van der Waals surface area contributed by atoms with Crippen molar-refractivity contribution in [1.82, 2.24) is 10.2 Å². The molecule has 0 saturated carbocycles. The lowest BCUT2D eigenvalue weighted by atomic mass is 10.2. The van der Waals surface area contributed by atoms with Gasteiger partial charge in [-0.15, -0.1) is 21.5 Å². The van der Waals surface area contributed by atoms with Crippen molar-refractivity contribution in [3.8, 4) is 16.6 Å². The van der Waals surface area contributed by atoms with E-state index in [1.165, 1.54) is 5.56 Å². The van der Waals surface area contributed by atoms with E-state index < -0.39 is 0 Å². The lowest BCUT2D eigenvalue weighted by Gasteiger charge is -2.12. The Labute approximate surface area is 104 Å². The maximum Gasteiger partial charge on any atom is 0.151 e. The molecule has 5 heteroatoms. The fraction of sp³-hybridized carbons (Fsp3) is 0.250. The van der Waals surface area contributed by atoms with Crippen molar-refractivity contribution in [3.63, 3.8) is 0 Å². The minimum atomic E-state index is 0.312. The highest BCUT2D eigenvalue weighted by Crippen LogP contribution is 2.27. The van der Waals surface area contributed by atoms with E-state index in [1.807, 2.05) is 24.6 Å². The molecule has 0 amide bonds. The molecule has 2 aromatic rings. The Hall–Kier alpha value is -1.93. The Morgan fingerprint density at radius 3 is 2.71 bits per heavy atom. The molecule has 2 rings (SSSR count). The van der Waals surface area contributed by atoms with E-state index in [9.17, 15) is 0 Å². The SMILES string of the molecule is Cc1ccsc1-c1ccc(N(C)CC#N)nn1. The van der Waals surface area contributed by atoms with Crippen LogP contribution in [0.2, 0.25) is 0 Å². The van der Waals surface area contributed by atoms with E-state index in [4.69, 9.17) is 5.26 Å². The quantitative estimate of drug-likeness (QED) is 0.778. The molecule has 0 radical (unpaired) electrons. The summed E-state index contributed by atoms with van der Waals surface area (Å²) in [6.07, 6.45) is 0. The summed E-state index contributed by atoms with van der Waals surface area (Å²) in [4.78, 5) is 2.91. The zero-order valence-corrected chi connectivity index (χ0v) is 10.5. The fourth-order valence-electron chi connectivity index (χ4n) is 1.47. The van der Waals surface area contributed by atoms with Crippen LogP contribution in [0.3, 0.4) is 0 Å². The van der Waals surface area contributed by atoms with Gasteiger partial charge in [-0.3, -0.25) is 0 Å². The first-order chi connectivity index (χ1) is 8.22. The van der Waals surface area contributed by atoms with Gasteiger partial charge in [0.15, 0.2) is 5.82 Å². The maximum atomic E-state index is 8.60. The highest BCUT2D eigenvalue weighted by molar-refractivity contribution is 7.13. The topological polar surface area (TPSA) is 52.8 Å². The van der Waals surface area contributed by atoms with E-state index in [-0.39, 0.29) is 0 Å². The van der Waals surface area contributed by atoms with Gasteiger partial charge in [-0.1, -0.05) is 0 Å². The summed E-state index contributed by atoms with van der Waals surface area (Å²) in [6.45, 7) is 2.37. The first-order valence-electron chi connectivity index (χ1n) is 5.18. The molecule has 0 aliphatic rings. The highest BCUT2D eigenvalue weighted by atomic mass is 32.1. The second kappa shape index (κ2) is 4.93. The second-order valence-corrected chi connectivity index (χ2v) is 4.64. The van der Waals surface area contributed by atoms with Gasteiger partial charge in [0.2, 0.25) is 0 Å². The standard InChI is InChI=1S/C12H12N4S/c1-9-5-8-17-12(9)10-3-4-11(15-14-10)16(2)7-6-13/h3-5,8H,7H2,1-2H3. The number of hydrogen-bond acceptors (Lipinski definition) is 5. The molecule has 86 valence electrons. The zero-order valence-electron chi connectivity index (χ0n) is 9.71. The smallest absolute Gasteiger partial charge is 0.151 e. The van der Waals surface area contributed by atoms with Gasteiger partial charge in [-0.25, -0.2) is 0 Å². The molecule has 0 atom stereocenters. The first-order valence-corrected chi connectivity index (χ1v) is 6.06. The minimum Gasteiger partial charge on any atom is -0.345 e. The Bertz CT molecular complexity index is 538. The molecule has 0 bridgehead atoms. The molecule has 0 aliphatic carbocycles. The van der Waals surface area contributed by atoms with Crippen molar-refractivity contribution < 1.29 is 0 Å². The molecule has 0 N–H and O–H groups in total. The number of thiophene rings is 1. The molecular weight excluding hydrogens is 232 g/mol. The fourth-order valence-corrected chi connectivity index (χ4v) is 2.36. The van der Waals surface area contributed by atoms with Crippen molar-refractivity contribution in [2.75, 3.05) is 18.5 Å². The van der Waals surface area contributed by atoms with Gasteiger partial charge in [0.05, 0.1) is 10.9 Å². The third-order valence-corrected chi connectivity index (χ3v) is 3.48. The van der Waals surface area contributed by atoms with Crippen LogP contribution in [-0.2, 0) is 0 Å². The monoisotopic (exact) mass is 244 g/mol. The summed E-state index contributed by atoms with van der Waals surface area (Å²) in [5.74, 6) is 0.713. The molecule has 2 heterocycles.